The van der Waals surface area contributed by atoms with Crippen LogP contribution in [0.5, 0.6) is 5.75 Å². The van der Waals surface area contributed by atoms with Crippen molar-refractivity contribution < 1.29 is 27.1 Å². The fraction of sp³-hybridized carbons (Fsp3) is 0.462. The molecule has 0 saturated heterocycles. The zero-order valence-corrected chi connectivity index (χ0v) is 22.5. The number of hydrogen-bond donors (Lipinski definition) is 1. The summed E-state index contributed by atoms with van der Waals surface area (Å²) in [6, 6.07) is 11.2. The number of halogens is 1. The maximum Gasteiger partial charge on any atom is 0.304 e. The summed E-state index contributed by atoms with van der Waals surface area (Å²) < 4.78 is 47.0. The lowest BCUT2D eigenvalue weighted by Gasteiger charge is -2.33. The molecule has 0 spiro atoms. The molecule has 1 aliphatic rings. The summed E-state index contributed by atoms with van der Waals surface area (Å²) in [6.45, 7) is 1.12. The van der Waals surface area contributed by atoms with Gasteiger partial charge < -0.3 is 15.0 Å². The Hall–Kier alpha value is -3.18. The Morgan fingerprint density at radius 3 is 2.35 bits per heavy atom. The molecule has 2 aromatic rings. The molecule has 0 radical (unpaired) electrons. The smallest absolute Gasteiger partial charge is 0.304 e. The molecule has 0 heterocycles. The summed E-state index contributed by atoms with van der Waals surface area (Å²) in [7, 11) is 0.127. The minimum absolute atomic E-state index is 0.0635. The first-order valence-electron chi connectivity index (χ1n) is 12.2. The van der Waals surface area contributed by atoms with Crippen LogP contribution in [0, 0.1) is 5.82 Å². The van der Waals surface area contributed by atoms with E-state index in [9.17, 15) is 22.4 Å². The third-order valence-electron chi connectivity index (χ3n) is 6.49. The van der Waals surface area contributed by atoms with Gasteiger partial charge in [-0.25, -0.2) is 8.70 Å². The second-order valence-corrected chi connectivity index (χ2v) is 11.4. The number of amides is 2. The van der Waals surface area contributed by atoms with Crippen LogP contribution in [0.2, 0.25) is 0 Å². The normalized spacial score (nSPS) is 14.9. The Labute approximate surface area is 218 Å². The van der Waals surface area contributed by atoms with Crippen LogP contribution in [0.1, 0.15) is 38.2 Å². The second-order valence-electron chi connectivity index (χ2n) is 9.31. The topological polar surface area (TPSA) is 99.3 Å². The third-order valence-corrected chi connectivity index (χ3v) is 8.31. The number of methoxy groups -OCH3 is 1. The predicted octanol–water partition coefficient (Wildman–Crippen LogP) is 2.92. The maximum absolute atomic E-state index is 13.7. The first-order valence-corrected chi connectivity index (χ1v) is 13.6. The second kappa shape index (κ2) is 12.4. The number of anilines is 1. The van der Waals surface area contributed by atoms with Gasteiger partial charge in [0.1, 0.15) is 24.2 Å². The third kappa shape index (κ3) is 7.20. The van der Waals surface area contributed by atoms with Gasteiger partial charge in [-0.15, -0.1) is 0 Å². The highest BCUT2D eigenvalue weighted by atomic mass is 32.2. The van der Waals surface area contributed by atoms with Crippen molar-refractivity contribution in [3.63, 3.8) is 0 Å². The van der Waals surface area contributed by atoms with Crippen LogP contribution in [-0.4, -0.2) is 69.3 Å². The molecule has 9 nitrogen and oxygen atoms in total. The van der Waals surface area contributed by atoms with Gasteiger partial charge >= 0.3 is 10.2 Å². The molecule has 1 saturated carbocycles. The molecule has 1 aliphatic carbocycles. The van der Waals surface area contributed by atoms with Gasteiger partial charge in [-0.2, -0.15) is 12.7 Å². The van der Waals surface area contributed by atoms with Gasteiger partial charge in [0.25, 0.3) is 0 Å². The van der Waals surface area contributed by atoms with E-state index in [1.165, 1.54) is 38.2 Å². The van der Waals surface area contributed by atoms with Crippen LogP contribution in [0.25, 0.3) is 0 Å². The summed E-state index contributed by atoms with van der Waals surface area (Å²) in [5.74, 6) is -0.816. The monoisotopic (exact) mass is 534 g/mol. The van der Waals surface area contributed by atoms with E-state index in [1.807, 2.05) is 0 Å². The van der Waals surface area contributed by atoms with E-state index < -0.39 is 34.5 Å². The fourth-order valence-electron chi connectivity index (χ4n) is 4.27. The number of carbonyl (C=O) groups excluding carboxylic acids is 2. The minimum Gasteiger partial charge on any atom is -0.497 e. The number of ether oxygens (including phenoxy) is 1. The molecular weight excluding hydrogens is 499 g/mol. The van der Waals surface area contributed by atoms with Crippen LogP contribution in [-0.2, 0) is 26.3 Å². The van der Waals surface area contributed by atoms with Gasteiger partial charge in [0.15, 0.2) is 0 Å². The Balaban J connectivity index is 1.93. The highest BCUT2D eigenvalue weighted by Gasteiger charge is 2.33. The highest BCUT2D eigenvalue weighted by molar-refractivity contribution is 7.90. The number of benzene rings is 2. The summed E-state index contributed by atoms with van der Waals surface area (Å²) in [5, 5.41) is 3.02. The van der Waals surface area contributed by atoms with E-state index >= 15 is 0 Å². The number of nitrogens with zero attached hydrogens (tertiary/aromatic N) is 3. The van der Waals surface area contributed by atoms with Crippen molar-refractivity contribution in [3.05, 3.63) is 59.9 Å². The molecule has 0 aromatic heterocycles. The number of rotatable bonds is 11. The summed E-state index contributed by atoms with van der Waals surface area (Å²) in [4.78, 5) is 28.2. The molecule has 0 aliphatic heterocycles. The van der Waals surface area contributed by atoms with Gasteiger partial charge in [0.2, 0.25) is 11.8 Å². The van der Waals surface area contributed by atoms with Gasteiger partial charge in [0, 0.05) is 26.7 Å². The lowest BCUT2D eigenvalue weighted by Crippen LogP contribution is -2.53. The summed E-state index contributed by atoms with van der Waals surface area (Å²) in [6.07, 6.45) is 3.87. The molecule has 11 heteroatoms. The van der Waals surface area contributed by atoms with Crippen molar-refractivity contribution in [1.29, 1.82) is 0 Å². The molecule has 1 N–H and O–H groups in total. The van der Waals surface area contributed by atoms with Crippen LogP contribution in [0.4, 0.5) is 10.1 Å². The predicted molar refractivity (Wildman–Crippen MR) is 140 cm³/mol. The van der Waals surface area contributed by atoms with Crippen molar-refractivity contribution in [3.8, 4) is 5.75 Å². The number of hydrogen-bond acceptors (Lipinski definition) is 5. The molecule has 2 amide bonds. The highest BCUT2D eigenvalue weighted by Crippen LogP contribution is 2.23. The largest absolute Gasteiger partial charge is 0.497 e. The minimum atomic E-state index is -4.11. The molecule has 2 aromatic carbocycles. The maximum atomic E-state index is 13.7. The van der Waals surface area contributed by atoms with Crippen LogP contribution >= 0.6 is 0 Å². The Morgan fingerprint density at radius 1 is 1.11 bits per heavy atom. The molecule has 1 unspecified atom stereocenters. The quantitative estimate of drug-likeness (QED) is 0.478. The van der Waals surface area contributed by atoms with Crippen molar-refractivity contribution in [2.45, 2.75) is 51.2 Å². The van der Waals surface area contributed by atoms with Gasteiger partial charge in [0.05, 0.1) is 12.8 Å². The van der Waals surface area contributed by atoms with Gasteiger partial charge in [-0.05, 0) is 61.7 Å². The Bertz CT molecular complexity index is 1180. The molecule has 202 valence electrons. The number of nitrogens with one attached hydrogen (secondary N) is 1. The van der Waals surface area contributed by atoms with Gasteiger partial charge in [-0.3, -0.25) is 9.59 Å². The van der Waals surface area contributed by atoms with Crippen LogP contribution < -0.4 is 14.4 Å². The fourth-order valence-corrected chi connectivity index (χ4v) is 5.32. The lowest BCUT2D eigenvalue weighted by atomic mass is 10.1. The van der Waals surface area contributed by atoms with Crippen molar-refractivity contribution in [2.24, 2.45) is 0 Å². The average Bonchev–Trinajstić information content (AvgIpc) is 3.39. The van der Waals surface area contributed by atoms with Gasteiger partial charge in [-0.1, -0.05) is 25.0 Å². The molecular formula is C26H35FN4O5S. The van der Waals surface area contributed by atoms with Crippen LogP contribution in [0.3, 0.4) is 0 Å². The number of carbonyl (C=O) groups is 2. The van der Waals surface area contributed by atoms with E-state index in [0.717, 1.165) is 52.0 Å². The molecule has 0 bridgehead atoms. The Kier molecular flexibility index (Phi) is 9.50. The lowest BCUT2D eigenvalue weighted by molar-refractivity contribution is -0.139. The molecule has 1 atom stereocenters. The van der Waals surface area contributed by atoms with E-state index in [0.29, 0.717) is 5.75 Å². The summed E-state index contributed by atoms with van der Waals surface area (Å²) in [5.41, 5.74) is 0.852. The zero-order chi connectivity index (χ0) is 27.2. The standard InChI is InChI=1S/C26H35FN4O5S/c1-19(26(33)28-22-9-5-6-10-22)30(17-20-8-7-11-24(16-20)36-4)25(32)18-31(37(34,35)29(2)3)23-14-12-21(27)13-15-23/h7-8,11-16,19,22H,5-6,9-10,17-18H2,1-4H3,(H,28,33). The first-order chi connectivity index (χ1) is 17.5. The SMILES string of the molecule is COc1cccc(CN(C(=O)CN(c2ccc(F)cc2)S(=O)(=O)N(C)C)C(C)C(=O)NC2CCCC2)c1. The van der Waals surface area contributed by atoms with E-state index in [-0.39, 0.29) is 24.2 Å². The van der Waals surface area contributed by atoms with E-state index in [4.69, 9.17) is 4.74 Å². The zero-order valence-electron chi connectivity index (χ0n) is 21.7. The average molecular weight is 535 g/mol. The molecule has 1 fully saturated rings. The van der Waals surface area contributed by atoms with Crippen LogP contribution in [0.15, 0.2) is 48.5 Å². The van der Waals surface area contributed by atoms with Crippen molar-refractivity contribution >= 4 is 27.7 Å². The molecule has 3 rings (SSSR count). The van der Waals surface area contributed by atoms with E-state index in [2.05, 4.69) is 5.32 Å². The Morgan fingerprint density at radius 2 is 1.76 bits per heavy atom. The van der Waals surface area contributed by atoms with Crippen molar-refractivity contribution in [1.82, 2.24) is 14.5 Å². The van der Waals surface area contributed by atoms with E-state index in [1.54, 1.807) is 31.2 Å². The first kappa shape index (κ1) is 28.4. The molecule has 37 heavy (non-hydrogen) atoms. The van der Waals surface area contributed by atoms with Crippen molar-refractivity contribution in [2.75, 3.05) is 32.1 Å². The summed E-state index contributed by atoms with van der Waals surface area (Å²) >= 11 is 0.